The fraction of sp³-hybridized carbons (Fsp3) is 0.0667. The molecule has 0 bridgehead atoms. The van der Waals surface area contributed by atoms with Gasteiger partial charge in [0.15, 0.2) is 0 Å². The molecule has 0 radical (unpaired) electrons. The average Bonchev–Trinajstić information content (AvgIpc) is 2.98. The maximum atomic E-state index is 4.70. The number of pyridine rings is 1. The standard InChI is InChI=1S/C15H12N4/c1-11-10-18(14-8-4-5-9-16-14)15-17-12-6-2-3-7-13(12)19(11)15/h2-10H,1H3. The third-order valence-electron chi connectivity index (χ3n) is 3.32. The Morgan fingerprint density at radius 3 is 2.68 bits per heavy atom. The van der Waals surface area contributed by atoms with Gasteiger partial charge < -0.3 is 0 Å². The lowest BCUT2D eigenvalue weighted by atomic mass is 10.3. The first-order valence-electron chi connectivity index (χ1n) is 6.21. The summed E-state index contributed by atoms with van der Waals surface area (Å²) in [6.07, 6.45) is 3.86. The average molecular weight is 248 g/mol. The number of hydrogen-bond donors (Lipinski definition) is 0. The monoisotopic (exact) mass is 248 g/mol. The van der Waals surface area contributed by atoms with Crippen molar-refractivity contribution in [3.05, 3.63) is 60.6 Å². The van der Waals surface area contributed by atoms with Gasteiger partial charge in [0.25, 0.3) is 0 Å². The van der Waals surface area contributed by atoms with Gasteiger partial charge in [0, 0.05) is 18.1 Å². The SMILES string of the molecule is Cc1cn(-c2ccccn2)c2nc3ccccc3n12. The summed E-state index contributed by atoms with van der Waals surface area (Å²) >= 11 is 0. The van der Waals surface area contributed by atoms with Gasteiger partial charge >= 0.3 is 0 Å². The minimum absolute atomic E-state index is 0.885. The normalized spacial score (nSPS) is 11.4. The van der Waals surface area contributed by atoms with Crippen molar-refractivity contribution in [1.82, 2.24) is 18.9 Å². The van der Waals surface area contributed by atoms with Crippen molar-refractivity contribution in [2.45, 2.75) is 6.92 Å². The Bertz CT molecular complexity index is 871. The fourth-order valence-electron chi connectivity index (χ4n) is 2.49. The number of benzene rings is 1. The molecule has 0 N–H and O–H groups in total. The molecule has 4 rings (SSSR count). The minimum atomic E-state index is 0.885. The number of aromatic nitrogens is 4. The third-order valence-corrected chi connectivity index (χ3v) is 3.32. The molecule has 0 aliphatic rings. The van der Waals surface area contributed by atoms with Crippen molar-refractivity contribution in [2.24, 2.45) is 0 Å². The number of nitrogens with zero attached hydrogens (tertiary/aromatic N) is 4. The largest absolute Gasteiger partial charge is 0.281 e. The molecule has 0 saturated heterocycles. The van der Waals surface area contributed by atoms with Crippen LogP contribution < -0.4 is 0 Å². The molecular weight excluding hydrogens is 236 g/mol. The molecule has 0 amide bonds. The predicted octanol–water partition coefficient (Wildman–Crippen LogP) is 2.98. The van der Waals surface area contributed by atoms with Crippen molar-refractivity contribution >= 4 is 16.8 Å². The van der Waals surface area contributed by atoms with Crippen molar-refractivity contribution in [2.75, 3.05) is 0 Å². The van der Waals surface area contributed by atoms with E-state index < -0.39 is 0 Å². The summed E-state index contributed by atoms with van der Waals surface area (Å²) in [6.45, 7) is 2.08. The van der Waals surface area contributed by atoms with Crippen LogP contribution in [0.2, 0.25) is 0 Å². The second-order valence-corrected chi connectivity index (χ2v) is 4.56. The highest BCUT2D eigenvalue weighted by Gasteiger charge is 2.12. The summed E-state index contributed by atoms with van der Waals surface area (Å²) in [4.78, 5) is 9.09. The van der Waals surface area contributed by atoms with Crippen molar-refractivity contribution in [3.8, 4) is 5.82 Å². The molecule has 0 aliphatic heterocycles. The Hall–Kier alpha value is -2.62. The zero-order valence-corrected chi connectivity index (χ0v) is 10.5. The topological polar surface area (TPSA) is 35.1 Å². The number of rotatable bonds is 1. The summed E-state index contributed by atoms with van der Waals surface area (Å²) in [5.41, 5.74) is 3.28. The Morgan fingerprint density at radius 2 is 1.84 bits per heavy atom. The van der Waals surface area contributed by atoms with Crippen LogP contribution in [-0.2, 0) is 0 Å². The molecule has 4 aromatic rings. The first kappa shape index (κ1) is 10.3. The van der Waals surface area contributed by atoms with E-state index in [1.807, 2.05) is 41.0 Å². The summed E-state index contributed by atoms with van der Waals surface area (Å²) < 4.78 is 4.18. The van der Waals surface area contributed by atoms with Crippen molar-refractivity contribution in [3.63, 3.8) is 0 Å². The second kappa shape index (κ2) is 3.68. The number of para-hydroxylation sites is 2. The van der Waals surface area contributed by atoms with Crippen LogP contribution in [0.25, 0.3) is 22.6 Å². The zero-order valence-electron chi connectivity index (χ0n) is 10.5. The van der Waals surface area contributed by atoms with Gasteiger partial charge in [0.05, 0.1) is 11.0 Å². The van der Waals surface area contributed by atoms with E-state index in [4.69, 9.17) is 4.98 Å². The predicted molar refractivity (Wildman–Crippen MR) is 74.6 cm³/mol. The quantitative estimate of drug-likeness (QED) is 0.519. The molecule has 0 unspecified atom stereocenters. The molecule has 0 fully saturated rings. The van der Waals surface area contributed by atoms with E-state index in [2.05, 4.69) is 28.6 Å². The molecule has 3 aromatic heterocycles. The molecule has 4 heteroatoms. The van der Waals surface area contributed by atoms with Gasteiger partial charge in [-0.3, -0.25) is 8.97 Å². The third kappa shape index (κ3) is 1.40. The lowest BCUT2D eigenvalue weighted by Crippen LogP contribution is -1.95. The van der Waals surface area contributed by atoms with E-state index in [1.54, 1.807) is 6.20 Å². The van der Waals surface area contributed by atoms with E-state index >= 15 is 0 Å². The van der Waals surface area contributed by atoms with Crippen molar-refractivity contribution < 1.29 is 0 Å². The Balaban J connectivity index is 2.13. The molecule has 0 spiro atoms. The van der Waals surface area contributed by atoms with E-state index in [1.165, 1.54) is 0 Å². The Labute approximate surface area is 110 Å². The lowest BCUT2D eigenvalue weighted by Gasteiger charge is -1.99. The maximum Gasteiger partial charge on any atom is 0.221 e. The first-order valence-corrected chi connectivity index (χ1v) is 6.21. The minimum Gasteiger partial charge on any atom is -0.281 e. The molecule has 0 aliphatic carbocycles. The summed E-state index contributed by atoms with van der Waals surface area (Å²) in [5.74, 6) is 1.79. The van der Waals surface area contributed by atoms with Crippen LogP contribution in [0.1, 0.15) is 5.69 Å². The van der Waals surface area contributed by atoms with Crippen LogP contribution in [-0.4, -0.2) is 18.9 Å². The number of hydrogen-bond acceptors (Lipinski definition) is 2. The summed E-state index contributed by atoms with van der Waals surface area (Å²) in [7, 11) is 0. The molecule has 1 aromatic carbocycles. The van der Waals surface area contributed by atoms with Gasteiger partial charge in [-0.2, -0.15) is 0 Å². The zero-order chi connectivity index (χ0) is 12.8. The van der Waals surface area contributed by atoms with E-state index in [-0.39, 0.29) is 0 Å². The number of imidazole rings is 2. The molecular formula is C15H12N4. The van der Waals surface area contributed by atoms with Gasteiger partial charge in [-0.1, -0.05) is 18.2 Å². The highest BCUT2D eigenvalue weighted by atomic mass is 15.2. The van der Waals surface area contributed by atoms with Crippen LogP contribution in [0.4, 0.5) is 0 Å². The van der Waals surface area contributed by atoms with E-state index in [9.17, 15) is 0 Å². The number of fused-ring (bicyclic) bond motifs is 3. The van der Waals surface area contributed by atoms with Crippen LogP contribution in [0.5, 0.6) is 0 Å². The van der Waals surface area contributed by atoms with Crippen LogP contribution >= 0.6 is 0 Å². The number of aryl methyl sites for hydroxylation is 1. The Morgan fingerprint density at radius 1 is 1.00 bits per heavy atom. The van der Waals surface area contributed by atoms with Crippen LogP contribution in [0, 0.1) is 6.92 Å². The highest BCUT2D eigenvalue weighted by molar-refractivity contribution is 5.80. The van der Waals surface area contributed by atoms with Gasteiger partial charge in [0.1, 0.15) is 5.82 Å². The molecule has 4 nitrogen and oxygen atoms in total. The molecule has 0 saturated carbocycles. The van der Waals surface area contributed by atoms with Gasteiger partial charge in [-0.15, -0.1) is 0 Å². The Kier molecular flexibility index (Phi) is 2.00. The van der Waals surface area contributed by atoms with Crippen LogP contribution in [0.3, 0.4) is 0 Å². The lowest BCUT2D eigenvalue weighted by molar-refractivity contribution is 1.01. The first-order chi connectivity index (χ1) is 9.34. The van der Waals surface area contributed by atoms with Crippen LogP contribution in [0.15, 0.2) is 54.9 Å². The fourth-order valence-corrected chi connectivity index (χ4v) is 2.49. The highest BCUT2D eigenvalue weighted by Crippen LogP contribution is 2.21. The summed E-state index contributed by atoms with van der Waals surface area (Å²) in [6, 6.07) is 14.0. The van der Waals surface area contributed by atoms with Gasteiger partial charge in [0.2, 0.25) is 5.78 Å². The second-order valence-electron chi connectivity index (χ2n) is 4.56. The van der Waals surface area contributed by atoms with Gasteiger partial charge in [-0.05, 0) is 31.2 Å². The molecule has 0 atom stereocenters. The molecule has 3 heterocycles. The molecule has 92 valence electrons. The summed E-state index contributed by atoms with van der Waals surface area (Å²) in [5, 5.41) is 0. The van der Waals surface area contributed by atoms with Gasteiger partial charge in [-0.25, -0.2) is 9.97 Å². The van der Waals surface area contributed by atoms with Crippen molar-refractivity contribution in [1.29, 1.82) is 0 Å². The maximum absolute atomic E-state index is 4.70. The molecule has 19 heavy (non-hydrogen) atoms. The van der Waals surface area contributed by atoms with E-state index in [0.717, 1.165) is 28.3 Å². The smallest absolute Gasteiger partial charge is 0.221 e. The van der Waals surface area contributed by atoms with E-state index in [0.29, 0.717) is 0 Å².